The Kier molecular flexibility index (Phi) is 5.04. The summed E-state index contributed by atoms with van der Waals surface area (Å²) in [6, 6.07) is 7.78. The van der Waals surface area contributed by atoms with E-state index in [1.54, 1.807) is 7.11 Å². The molecule has 0 aliphatic carbocycles. The second kappa shape index (κ2) is 6.35. The third kappa shape index (κ3) is 4.25. The van der Waals surface area contributed by atoms with E-state index in [0.29, 0.717) is 6.54 Å². The molecule has 0 saturated carbocycles. The standard InChI is InChI=1S/C11H14NO2S/c1-14-10-4-2-9(3-5-10)6-7-12-11(13)8-15/h2-5H,6-8H2,1H3,(H,12,13). The Labute approximate surface area is 95.2 Å². The highest BCUT2D eigenvalue weighted by Gasteiger charge is 1.98. The summed E-state index contributed by atoms with van der Waals surface area (Å²) in [5.74, 6) is 0.884. The van der Waals surface area contributed by atoms with Gasteiger partial charge in [-0.3, -0.25) is 4.79 Å². The van der Waals surface area contributed by atoms with E-state index in [2.05, 4.69) is 17.9 Å². The first-order chi connectivity index (χ1) is 7.26. The van der Waals surface area contributed by atoms with Gasteiger partial charge in [-0.25, -0.2) is 0 Å². The van der Waals surface area contributed by atoms with Gasteiger partial charge in [-0.05, 0) is 24.1 Å². The summed E-state index contributed by atoms with van der Waals surface area (Å²) in [6.07, 6.45) is 0.811. The molecule has 1 aromatic rings. The monoisotopic (exact) mass is 224 g/mol. The number of ether oxygens (including phenoxy) is 1. The highest BCUT2D eigenvalue weighted by Crippen LogP contribution is 2.11. The van der Waals surface area contributed by atoms with E-state index in [-0.39, 0.29) is 11.7 Å². The van der Waals surface area contributed by atoms with Crippen LogP contribution in [-0.4, -0.2) is 25.3 Å². The number of hydrogen-bond acceptors (Lipinski definition) is 2. The van der Waals surface area contributed by atoms with E-state index in [0.717, 1.165) is 12.2 Å². The van der Waals surface area contributed by atoms with Crippen molar-refractivity contribution in [3.63, 3.8) is 0 Å². The predicted molar refractivity (Wildman–Crippen MR) is 62.2 cm³/mol. The molecule has 4 heteroatoms. The molecule has 0 aliphatic rings. The van der Waals surface area contributed by atoms with Gasteiger partial charge in [0.15, 0.2) is 0 Å². The molecule has 0 aliphatic heterocycles. The van der Waals surface area contributed by atoms with Gasteiger partial charge in [0.2, 0.25) is 5.91 Å². The molecule has 0 aromatic heterocycles. The van der Waals surface area contributed by atoms with Crippen molar-refractivity contribution in [3.8, 4) is 5.75 Å². The Morgan fingerprint density at radius 1 is 1.40 bits per heavy atom. The molecule has 3 nitrogen and oxygen atoms in total. The van der Waals surface area contributed by atoms with Crippen molar-refractivity contribution in [2.45, 2.75) is 6.42 Å². The lowest BCUT2D eigenvalue weighted by Crippen LogP contribution is -2.26. The molecule has 0 unspecified atom stereocenters. The van der Waals surface area contributed by atoms with Gasteiger partial charge >= 0.3 is 0 Å². The van der Waals surface area contributed by atoms with E-state index >= 15 is 0 Å². The van der Waals surface area contributed by atoms with E-state index in [1.165, 1.54) is 5.56 Å². The number of amides is 1. The fraction of sp³-hybridized carbons (Fsp3) is 0.364. The quantitative estimate of drug-likeness (QED) is 0.824. The molecular formula is C11H14NO2S. The van der Waals surface area contributed by atoms with Gasteiger partial charge in [-0.15, -0.1) is 0 Å². The van der Waals surface area contributed by atoms with Crippen molar-refractivity contribution in [3.05, 3.63) is 29.8 Å². The van der Waals surface area contributed by atoms with Gasteiger partial charge in [-0.2, -0.15) is 0 Å². The molecule has 0 atom stereocenters. The Balaban J connectivity index is 2.34. The maximum atomic E-state index is 10.9. The van der Waals surface area contributed by atoms with Crippen molar-refractivity contribution < 1.29 is 9.53 Å². The SMILES string of the molecule is COc1ccc(CCNC(=O)C[S])cc1. The molecule has 81 valence electrons. The van der Waals surface area contributed by atoms with Crippen LogP contribution in [0.3, 0.4) is 0 Å². The molecule has 0 spiro atoms. The number of nitrogens with one attached hydrogen (secondary N) is 1. The smallest absolute Gasteiger partial charge is 0.230 e. The van der Waals surface area contributed by atoms with Crippen LogP contribution in [0.15, 0.2) is 24.3 Å². The van der Waals surface area contributed by atoms with Gasteiger partial charge in [-0.1, -0.05) is 24.8 Å². The number of rotatable bonds is 5. The van der Waals surface area contributed by atoms with Crippen LogP contribution >= 0.6 is 12.6 Å². The largest absolute Gasteiger partial charge is 0.497 e. The van der Waals surface area contributed by atoms with Crippen LogP contribution in [0.5, 0.6) is 5.75 Å². The van der Waals surface area contributed by atoms with Crippen LogP contribution in [0, 0.1) is 0 Å². The average molecular weight is 224 g/mol. The molecule has 1 rings (SSSR count). The minimum atomic E-state index is -0.0847. The summed E-state index contributed by atoms with van der Waals surface area (Å²) in [5.41, 5.74) is 1.17. The van der Waals surface area contributed by atoms with Crippen molar-refractivity contribution in [2.24, 2.45) is 0 Å². The minimum Gasteiger partial charge on any atom is -0.497 e. The number of hydrogen-bond donors (Lipinski definition) is 1. The Hall–Kier alpha value is -1.16. The lowest BCUT2D eigenvalue weighted by atomic mass is 10.1. The minimum absolute atomic E-state index is 0.0847. The van der Waals surface area contributed by atoms with Gasteiger partial charge in [0.05, 0.1) is 12.9 Å². The second-order valence-electron chi connectivity index (χ2n) is 3.09. The molecule has 1 aromatic carbocycles. The van der Waals surface area contributed by atoms with Crippen molar-refractivity contribution in [1.29, 1.82) is 0 Å². The average Bonchev–Trinajstić information content (AvgIpc) is 2.29. The van der Waals surface area contributed by atoms with E-state index < -0.39 is 0 Å². The zero-order valence-corrected chi connectivity index (χ0v) is 9.47. The van der Waals surface area contributed by atoms with Crippen LogP contribution in [0.2, 0.25) is 0 Å². The summed E-state index contributed by atoms with van der Waals surface area (Å²) < 4.78 is 5.05. The Morgan fingerprint density at radius 3 is 2.60 bits per heavy atom. The predicted octanol–water partition coefficient (Wildman–Crippen LogP) is 1.55. The second-order valence-corrected chi connectivity index (χ2v) is 3.38. The summed E-state index contributed by atoms with van der Waals surface area (Å²) in [6.45, 7) is 0.627. The topological polar surface area (TPSA) is 38.3 Å². The zero-order chi connectivity index (χ0) is 11.1. The molecule has 0 bridgehead atoms. The fourth-order valence-electron chi connectivity index (χ4n) is 1.19. The third-order valence-electron chi connectivity index (χ3n) is 2.03. The molecule has 0 saturated heterocycles. The molecule has 0 heterocycles. The van der Waals surface area contributed by atoms with Crippen LogP contribution < -0.4 is 10.1 Å². The lowest BCUT2D eigenvalue weighted by Gasteiger charge is -2.04. The molecule has 1 N–H and O–H groups in total. The number of benzene rings is 1. The normalized spacial score (nSPS) is 9.73. The number of carbonyl (C=O) groups excluding carboxylic acids is 1. The van der Waals surface area contributed by atoms with Crippen LogP contribution in [0.1, 0.15) is 5.56 Å². The highest BCUT2D eigenvalue weighted by atomic mass is 32.1. The van der Waals surface area contributed by atoms with Gasteiger partial charge in [0, 0.05) is 6.54 Å². The highest BCUT2D eigenvalue weighted by molar-refractivity contribution is 7.81. The summed E-state index contributed by atoms with van der Waals surface area (Å²) in [4.78, 5) is 10.9. The summed E-state index contributed by atoms with van der Waals surface area (Å²) in [5, 5.41) is 2.74. The first-order valence-corrected chi connectivity index (χ1v) is 5.31. The van der Waals surface area contributed by atoms with E-state index in [9.17, 15) is 4.79 Å². The first kappa shape index (κ1) is 11.9. The molecule has 1 amide bonds. The number of methoxy groups -OCH3 is 1. The van der Waals surface area contributed by atoms with Gasteiger partial charge < -0.3 is 10.1 Å². The summed E-state index contributed by atoms with van der Waals surface area (Å²) >= 11 is 4.61. The summed E-state index contributed by atoms with van der Waals surface area (Å²) in [7, 11) is 1.64. The third-order valence-corrected chi connectivity index (χ3v) is 2.29. The molecule has 15 heavy (non-hydrogen) atoms. The van der Waals surface area contributed by atoms with Crippen molar-refractivity contribution in [1.82, 2.24) is 5.32 Å². The molecular weight excluding hydrogens is 210 g/mol. The Morgan fingerprint density at radius 2 is 2.07 bits per heavy atom. The lowest BCUT2D eigenvalue weighted by molar-refractivity contribution is -0.118. The molecule has 1 radical (unpaired) electrons. The fourth-order valence-corrected chi connectivity index (χ4v) is 1.29. The van der Waals surface area contributed by atoms with Crippen LogP contribution in [-0.2, 0) is 11.2 Å². The zero-order valence-electron chi connectivity index (χ0n) is 8.66. The first-order valence-electron chi connectivity index (χ1n) is 4.74. The maximum absolute atomic E-state index is 10.9. The van der Waals surface area contributed by atoms with Crippen molar-refractivity contribution >= 4 is 18.5 Å². The van der Waals surface area contributed by atoms with E-state index in [4.69, 9.17) is 4.74 Å². The van der Waals surface area contributed by atoms with Gasteiger partial charge in [0.1, 0.15) is 5.75 Å². The maximum Gasteiger partial charge on any atom is 0.230 e. The molecule has 0 fully saturated rings. The Bertz CT molecular complexity index is 311. The van der Waals surface area contributed by atoms with Gasteiger partial charge in [0.25, 0.3) is 0 Å². The number of carbonyl (C=O) groups is 1. The van der Waals surface area contributed by atoms with E-state index in [1.807, 2.05) is 24.3 Å². The van der Waals surface area contributed by atoms with Crippen molar-refractivity contribution in [2.75, 3.05) is 19.4 Å². The van der Waals surface area contributed by atoms with Crippen LogP contribution in [0.25, 0.3) is 0 Å². The van der Waals surface area contributed by atoms with Crippen LogP contribution in [0.4, 0.5) is 0 Å².